The van der Waals surface area contributed by atoms with Gasteiger partial charge in [-0.3, -0.25) is 19.5 Å². The molecule has 2 aliphatic rings. The van der Waals surface area contributed by atoms with E-state index in [1.165, 1.54) is 0 Å². The molecule has 152 valence electrons. The first kappa shape index (κ1) is 19.4. The molecule has 7 nitrogen and oxygen atoms in total. The third kappa shape index (κ3) is 3.57. The van der Waals surface area contributed by atoms with E-state index in [2.05, 4.69) is 36.4 Å². The molecule has 1 saturated carbocycles. The molecule has 0 unspecified atom stereocenters. The van der Waals surface area contributed by atoms with Crippen LogP contribution < -0.4 is 10.6 Å². The molecule has 4 rings (SSSR count). The summed E-state index contributed by atoms with van der Waals surface area (Å²) in [7, 11) is 0. The van der Waals surface area contributed by atoms with Crippen LogP contribution in [0.1, 0.15) is 40.0 Å². The topological polar surface area (TPSA) is 91.4 Å². The molecular formula is C22H26N4O3. The second kappa shape index (κ2) is 6.83. The highest BCUT2D eigenvalue weighted by Crippen LogP contribution is 2.46. The van der Waals surface area contributed by atoms with Crippen LogP contribution in [0, 0.1) is 11.3 Å². The third-order valence-corrected chi connectivity index (χ3v) is 5.85. The van der Waals surface area contributed by atoms with E-state index in [-0.39, 0.29) is 17.9 Å². The molecule has 1 aliphatic carbocycles. The van der Waals surface area contributed by atoms with Crippen LogP contribution in [-0.4, -0.2) is 39.8 Å². The van der Waals surface area contributed by atoms with E-state index in [0.717, 1.165) is 22.2 Å². The lowest BCUT2D eigenvalue weighted by atomic mass is 9.64. The second-order valence-electron chi connectivity index (χ2n) is 9.18. The number of anilines is 1. The smallest absolute Gasteiger partial charge is 0.324 e. The number of nitrogens with one attached hydrogen (secondary N) is 2. The van der Waals surface area contributed by atoms with Crippen molar-refractivity contribution in [3.8, 4) is 0 Å². The number of urea groups is 1. The Morgan fingerprint density at radius 1 is 1.24 bits per heavy atom. The number of imide groups is 1. The van der Waals surface area contributed by atoms with Crippen molar-refractivity contribution in [2.24, 2.45) is 11.3 Å². The van der Waals surface area contributed by atoms with Crippen molar-refractivity contribution in [3.63, 3.8) is 0 Å². The number of benzene rings is 1. The average Bonchev–Trinajstić information content (AvgIpc) is 2.83. The van der Waals surface area contributed by atoms with Crippen molar-refractivity contribution in [2.75, 3.05) is 11.9 Å². The number of aromatic nitrogens is 1. The maximum atomic E-state index is 13.2. The summed E-state index contributed by atoms with van der Waals surface area (Å²) in [5, 5.41) is 6.52. The first-order valence-electron chi connectivity index (χ1n) is 9.97. The van der Waals surface area contributed by atoms with Gasteiger partial charge in [0, 0.05) is 11.6 Å². The molecule has 2 N–H and O–H groups in total. The summed E-state index contributed by atoms with van der Waals surface area (Å²) in [6, 6.07) is 8.62. The molecule has 7 heteroatoms. The van der Waals surface area contributed by atoms with Crippen molar-refractivity contribution >= 4 is 34.4 Å². The van der Waals surface area contributed by atoms with Gasteiger partial charge < -0.3 is 10.6 Å². The molecule has 0 bridgehead atoms. The van der Waals surface area contributed by atoms with Gasteiger partial charge in [0.15, 0.2) is 0 Å². The van der Waals surface area contributed by atoms with Gasteiger partial charge in [0.1, 0.15) is 12.1 Å². The molecule has 2 fully saturated rings. The van der Waals surface area contributed by atoms with Crippen LogP contribution in [-0.2, 0) is 9.59 Å². The minimum Gasteiger partial charge on any atom is -0.324 e. The zero-order chi connectivity index (χ0) is 20.8. The molecule has 1 aliphatic heterocycles. The number of pyridine rings is 1. The summed E-state index contributed by atoms with van der Waals surface area (Å²) in [6.07, 6.45) is 3.89. The van der Waals surface area contributed by atoms with Gasteiger partial charge in [0.25, 0.3) is 5.91 Å². The lowest BCUT2D eigenvalue weighted by Crippen LogP contribution is -2.54. The maximum absolute atomic E-state index is 13.2. The minimum absolute atomic E-state index is 0.0468. The number of carbonyl (C=O) groups is 3. The van der Waals surface area contributed by atoms with E-state index in [9.17, 15) is 14.4 Å². The van der Waals surface area contributed by atoms with Crippen LogP contribution in [0.4, 0.5) is 10.5 Å². The largest absolute Gasteiger partial charge is 0.325 e. The van der Waals surface area contributed by atoms with Crippen LogP contribution in [0.25, 0.3) is 10.9 Å². The molecule has 4 amide bonds. The van der Waals surface area contributed by atoms with Gasteiger partial charge in [0.05, 0.1) is 11.2 Å². The molecule has 1 aromatic carbocycles. The lowest BCUT2D eigenvalue weighted by molar-refractivity contribution is -0.136. The fraction of sp³-hybridized carbons (Fsp3) is 0.455. The van der Waals surface area contributed by atoms with Crippen LogP contribution >= 0.6 is 0 Å². The molecule has 2 heterocycles. The molecule has 1 saturated heterocycles. The Bertz CT molecular complexity index is 997. The zero-order valence-electron chi connectivity index (χ0n) is 17.0. The first-order chi connectivity index (χ1) is 13.7. The quantitative estimate of drug-likeness (QED) is 0.782. The Hall–Kier alpha value is -2.96. The van der Waals surface area contributed by atoms with Crippen LogP contribution in [0.15, 0.2) is 36.5 Å². The number of nitrogens with zero attached hydrogens (tertiary/aromatic N) is 2. The number of hydrogen-bond acceptors (Lipinski definition) is 4. The number of rotatable bonds is 3. The summed E-state index contributed by atoms with van der Waals surface area (Å²) < 4.78 is 0. The highest BCUT2D eigenvalue weighted by Gasteiger charge is 2.56. The fourth-order valence-electron chi connectivity index (χ4n) is 5.20. The van der Waals surface area contributed by atoms with Gasteiger partial charge in [-0.2, -0.15) is 0 Å². The van der Waals surface area contributed by atoms with E-state index in [1.54, 1.807) is 24.4 Å². The van der Waals surface area contributed by atoms with Gasteiger partial charge in [-0.1, -0.05) is 26.8 Å². The summed E-state index contributed by atoms with van der Waals surface area (Å²) in [4.78, 5) is 43.7. The van der Waals surface area contributed by atoms with Crippen molar-refractivity contribution in [2.45, 2.75) is 45.6 Å². The van der Waals surface area contributed by atoms with Gasteiger partial charge >= 0.3 is 6.03 Å². The number of hydrogen-bond donors (Lipinski definition) is 2. The summed E-state index contributed by atoms with van der Waals surface area (Å²) in [5.41, 5.74) is 0.420. The predicted octanol–water partition coefficient (Wildman–Crippen LogP) is 3.31. The van der Waals surface area contributed by atoms with Gasteiger partial charge in [-0.15, -0.1) is 0 Å². The lowest BCUT2D eigenvalue weighted by Gasteiger charge is -2.43. The minimum atomic E-state index is -0.901. The predicted molar refractivity (Wildman–Crippen MR) is 110 cm³/mol. The molecule has 2 atom stereocenters. The van der Waals surface area contributed by atoms with E-state index < -0.39 is 17.5 Å². The Kier molecular flexibility index (Phi) is 4.56. The fourth-order valence-corrected chi connectivity index (χ4v) is 5.20. The van der Waals surface area contributed by atoms with Gasteiger partial charge in [0.2, 0.25) is 5.91 Å². The number of amides is 4. The first-order valence-corrected chi connectivity index (χ1v) is 9.97. The Balaban J connectivity index is 1.51. The SMILES string of the molecule is C[C@@H]1CC(C)(C)C[C@@]2(C1)NC(=O)N(CC(=O)Nc1cccc3ncccc13)C2=O. The average molecular weight is 394 g/mol. The van der Waals surface area contributed by atoms with E-state index in [4.69, 9.17) is 0 Å². The maximum Gasteiger partial charge on any atom is 0.325 e. The van der Waals surface area contributed by atoms with Crippen LogP contribution in [0.5, 0.6) is 0 Å². The highest BCUT2D eigenvalue weighted by molar-refractivity contribution is 6.11. The Morgan fingerprint density at radius 2 is 2.03 bits per heavy atom. The normalized spacial score (nSPS) is 26.0. The molecule has 1 spiro atoms. The van der Waals surface area contributed by atoms with Crippen LogP contribution in [0.3, 0.4) is 0 Å². The van der Waals surface area contributed by atoms with Crippen molar-refractivity contribution in [1.29, 1.82) is 0 Å². The molecule has 29 heavy (non-hydrogen) atoms. The standard InChI is InChI=1S/C22H26N4O3/c1-14-10-21(2,3)13-22(11-14)19(28)26(20(29)25-22)12-18(27)24-17-8-4-7-16-15(17)6-5-9-23-16/h4-9,14H,10-13H2,1-3H3,(H,24,27)(H,25,29)/t14-,22-/m1/s1. The monoisotopic (exact) mass is 394 g/mol. The van der Waals surface area contributed by atoms with E-state index in [1.807, 2.05) is 12.1 Å². The number of fused-ring (bicyclic) bond motifs is 1. The third-order valence-electron chi connectivity index (χ3n) is 5.85. The van der Waals surface area contributed by atoms with Crippen LogP contribution in [0.2, 0.25) is 0 Å². The van der Waals surface area contributed by atoms with E-state index in [0.29, 0.717) is 24.4 Å². The zero-order valence-corrected chi connectivity index (χ0v) is 17.0. The van der Waals surface area contributed by atoms with E-state index >= 15 is 0 Å². The summed E-state index contributed by atoms with van der Waals surface area (Å²) >= 11 is 0. The molecule has 1 aromatic heterocycles. The Morgan fingerprint density at radius 3 is 2.79 bits per heavy atom. The molecule has 0 radical (unpaired) electrons. The second-order valence-corrected chi connectivity index (χ2v) is 9.18. The van der Waals surface area contributed by atoms with Crippen molar-refractivity contribution < 1.29 is 14.4 Å². The van der Waals surface area contributed by atoms with Gasteiger partial charge in [-0.05, 0) is 54.9 Å². The highest BCUT2D eigenvalue weighted by atomic mass is 16.2. The van der Waals surface area contributed by atoms with Crippen molar-refractivity contribution in [3.05, 3.63) is 36.5 Å². The van der Waals surface area contributed by atoms with Gasteiger partial charge in [-0.25, -0.2) is 4.79 Å². The molecular weight excluding hydrogens is 368 g/mol. The summed E-state index contributed by atoms with van der Waals surface area (Å²) in [5.74, 6) is -0.387. The Labute approximate surface area is 169 Å². The molecule has 2 aromatic rings. The summed E-state index contributed by atoms with van der Waals surface area (Å²) in [6.45, 7) is 6.03. The van der Waals surface area contributed by atoms with Crippen molar-refractivity contribution in [1.82, 2.24) is 15.2 Å². The number of carbonyl (C=O) groups excluding carboxylic acids is 3.